The molecule has 7 aliphatic rings. The topological polar surface area (TPSA) is 25.2 Å². The lowest BCUT2D eigenvalue weighted by Gasteiger charge is -2.52. The Morgan fingerprint density at radius 2 is 1.67 bits per heavy atom. The van der Waals surface area contributed by atoms with E-state index in [2.05, 4.69) is 47.8 Å². The van der Waals surface area contributed by atoms with E-state index in [1.807, 2.05) is 5.57 Å². The molecule has 5 unspecified atom stereocenters. The molecular weight excluding hydrogens is 474 g/mol. The summed E-state index contributed by atoms with van der Waals surface area (Å²) >= 11 is 0. The van der Waals surface area contributed by atoms with Gasteiger partial charge < -0.3 is 9.73 Å². The van der Waals surface area contributed by atoms with Crippen molar-refractivity contribution >= 4 is 6.08 Å². The zero-order valence-corrected chi connectivity index (χ0v) is 23.9. The lowest BCUT2D eigenvalue weighted by Crippen LogP contribution is -2.45. The number of aryl methyl sites for hydroxylation is 1. The van der Waals surface area contributed by atoms with Crippen molar-refractivity contribution in [3.05, 3.63) is 75.9 Å². The van der Waals surface area contributed by atoms with Gasteiger partial charge in [0.1, 0.15) is 11.5 Å². The average Bonchev–Trinajstić information content (AvgIpc) is 3.53. The Morgan fingerprint density at radius 1 is 0.769 bits per heavy atom. The standard InChI is InChI=1S/C37H47NO/c1-3-13-25(14-4-1)37(26-15-5-2-6-16-26)29-19-9-7-17-27(29)35-30(37)20-11-21-31(35)38-32-22-12-24-34-36(32)28-18-8-10-23-33(28)39-34/h1,3,7,12,17,20,24-27,29,32,38H,2,4-6,8-11,13-16,18-19,21-23H2. The summed E-state index contributed by atoms with van der Waals surface area (Å²) in [5, 5.41) is 4.28. The van der Waals surface area contributed by atoms with E-state index in [1.165, 1.54) is 108 Å². The number of nitrogens with one attached hydrogen (secondary N) is 1. The first-order chi connectivity index (χ1) is 19.4. The average molecular weight is 522 g/mol. The van der Waals surface area contributed by atoms with Crippen molar-refractivity contribution < 1.29 is 4.42 Å². The molecular formula is C37H47NO. The van der Waals surface area contributed by atoms with Gasteiger partial charge in [0.25, 0.3) is 0 Å². The van der Waals surface area contributed by atoms with Crippen LogP contribution in [0.15, 0.2) is 57.7 Å². The number of allylic oxidation sites excluding steroid dienone is 8. The summed E-state index contributed by atoms with van der Waals surface area (Å²) in [5.74, 6) is 5.52. The third kappa shape index (κ3) is 3.79. The van der Waals surface area contributed by atoms with Gasteiger partial charge in [-0.1, -0.05) is 55.7 Å². The minimum atomic E-state index is 0.366. The number of rotatable bonds is 4. The Morgan fingerprint density at radius 3 is 2.56 bits per heavy atom. The van der Waals surface area contributed by atoms with E-state index in [-0.39, 0.29) is 0 Å². The van der Waals surface area contributed by atoms with Crippen LogP contribution in [0.25, 0.3) is 6.08 Å². The van der Waals surface area contributed by atoms with Gasteiger partial charge in [0.2, 0.25) is 0 Å². The van der Waals surface area contributed by atoms with Crippen molar-refractivity contribution in [3.63, 3.8) is 0 Å². The summed E-state index contributed by atoms with van der Waals surface area (Å²) in [6.45, 7) is 0. The molecule has 1 aromatic heterocycles. The van der Waals surface area contributed by atoms with E-state index in [9.17, 15) is 0 Å². The van der Waals surface area contributed by atoms with Gasteiger partial charge in [-0.15, -0.1) is 0 Å². The third-order valence-corrected chi connectivity index (χ3v) is 12.0. The zero-order valence-electron chi connectivity index (χ0n) is 23.9. The second kappa shape index (κ2) is 10.0. The summed E-state index contributed by atoms with van der Waals surface area (Å²) in [6.07, 6.45) is 39.9. The van der Waals surface area contributed by atoms with Crippen LogP contribution in [0, 0.1) is 29.1 Å². The summed E-state index contributed by atoms with van der Waals surface area (Å²) in [6, 6.07) is 0.366. The number of hydrogen-bond acceptors (Lipinski definition) is 2. The van der Waals surface area contributed by atoms with Crippen molar-refractivity contribution in [1.29, 1.82) is 0 Å². The summed E-state index contributed by atoms with van der Waals surface area (Å²) in [7, 11) is 0. The molecule has 1 heterocycles. The highest BCUT2D eigenvalue weighted by atomic mass is 16.3. The van der Waals surface area contributed by atoms with Crippen LogP contribution >= 0.6 is 0 Å². The largest absolute Gasteiger partial charge is 0.461 e. The molecule has 2 heteroatoms. The Labute approximate surface area is 235 Å². The quantitative estimate of drug-likeness (QED) is 0.399. The van der Waals surface area contributed by atoms with Gasteiger partial charge in [0, 0.05) is 29.0 Å². The van der Waals surface area contributed by atoms with Crippen LogP contribution in [0.4, 0.5) is 0 Å². The van der Waals surface area contributed by atoms with Crippen LogP contribution in [-0.2, 0) is 12.8 Å². The van der Waals surface area contributed by atoms with Crippen molar-refractivity contribution in [2.45, 2.75) is 115 Å². The molecule has 7 aliphatic carbocycles. The molecule has 5 atom stereocenters. The van der Waals surface area contributed by atoms with Crippen molar-refractivity contribution in [1.82, 2.24) is 5.32 Å². The van der Waals surface area contributed by atoms with E-state index in [0.717, 1.165) is 36.4 Å². The predicted octanol–water partition coefficient (Wildman–Crippen LogP) is 9.70. The Bertz CT molecular complexity index is 1260. The molecule has 0 aliphatic heterocycles. The second-order valence-electron chi connectivity index (χ2n) is 13.8. The molecule has 0 aromatic carbocycles. The van der Waals surface area contributed by atoms with E-state index in [1.54, 1.807) is 16.8 Å². The highest BCUT2D eigenvalue weighted by Gasteiger charge is 2.61. The lowest BCUT2D eigenvalue weighted by atomic mass is 9.52. The Hall–Kier alpha value is -2.22. The van der Waals surface area contributed by atoms with Crippen LogP contribution in [0.2, 0.25) is 0 Å². The molecule has 2 saturated carbocycles. The van der Waals surface area contributed by atoms with E-state index in [4.69, 9.17) is 4.42 Å². The minimum Gasteiger partial charge on any atom is -0.461 e. The van der Waals surface area contributed by atoms with Crippen LogP contribution in [0.1, 0.15) is 125 Å². The first-order valence-corrected chi connectivity index (χ1v) is 16.7. The second-order valence-corrected chi connectivity index (χ2v) is 13.8. The van der Waals surface area contributed by atoms with Crippen LogP contribution in [0.5, 0.6) is 0 Å². The molecule has 0 saturated heterocycles. The van der Waals surface area contributed by atoms with Crippen LogP contribution in [0.3, 0.4) is 0 Å². The molecule has 0 bridgehead atoms. The van der Waals surface area contributed by atoms with Gasteiger partial charge in [0.15, 0.2) is 0 Å². The minimum absolute atomic E-state index is 0.366. The lowest BCUT2D eigenvalue weighted by molar-refractivity contribution is 0.0172. The molecule has 39 heavy (non-hydrogen) atoms. The third-order valence-electron chi connectivity index (χ3n) is 12.0. The molecule has 2 nitrogen and oxygen atoms in total. The monoisotopic (exact) mass is 521 g/mol. The van der Waals surface area contributed by atoms with Gasteiger partial charge in [-0.2, -0.15) is 0 Å². The van der Waals surface area contributed by atoms with Gasteiger partial charge in [-0.25, -0.2) is 0 Å². The predicted molar refractivity (Wildman–Crippen MR) is 160 cm³/mol. The molecule has 2 fully saturated rings. The molecule has 206 valence electrons. The zero-order chi connectivity index (χ0) is 25.8. The summed E-state index contributed by atoms with van der Waals surface area (Å²) in [5.41, 5.74) is 8.59. The van der Waals surface area contributed by atoms with Gasteiger partial charge >= 0.3 is 0 Å². The number of fused-ring (bicyclic) bond motifs is 6. The normalized spacial score (nSPS) is 35.7. The van der Waals surface area contributed by atoms with Crippen LogP contribution < -0.4 is 5.32 Å². The molecule has 0 spiro atoms. The fourth-order valence-corrected chi connectivity index (χ4v) is 10.6. The molecule has 8 rings (SSSR count). The van der Waals surface area contributed by atoms with Gasteiger partial charge in [-0.3, -0.25) is 0 Å². The van der Waals surface area contributed by atoms with E-state index in [0.29, 0.717) is 17.4 Å². The highest BCUT2D eigenvalue weighted by molar-refractivity contribution is 5.58. The first-order valence-electron chi connectivity index (χ1n) is 16.7. The van der Waals surface area contributed by atoms with Crippen molar-refractivity contribution in [2.75, 3.05) is 0 Å². The van der Waals surface area contributed by atoms with Crippen molar-refractivity contribution in [3.8, 4) is 0 Å². The van der Waals surface area contributed by atoms with E-state index >= 15 is 0 Å². The maximum atomic E-state index is 6.44. The van der Waals surface area contributed by atoms with Crippen LogP contribution in [-0.4, -0.2) is 0 Å². The Balaban J connectivity index is 1.24. The molecule has 1 aromatic rings. The molecule has 1 N–H and O–H groups in total. The van der Waals surface area contributed by atoms with Gasteiger partial charge in [-0.05, 0) is 124 Å². The fourth-order valence-electron chi connectivity index (χ4n) is 10.6. The summed E-state index contributed by atoms with van der Waals surface area (Å²) < 4.78 is 6.44. The molecule has 0 radical (unpaired) electrons. The van der Waals surface area contributed by atoms with E-state index < -0.39 is 0 Å². The molecule has 0 amide bonds. The SMILES string of the molecule is C1=CCC(C2(C3CCCCC3)C3=CCCC(NC4CC=Cc5oc6c(c54)CCCC6)=C3C3C=CCCC32)CC1. The summed E-state index contributed by atoms with van der Waals surface area (Å²) in [4.78, 5) is 0. The number of furan rings is 1. The maximum Gasteiger partial charge on any atom is 0.132 e. The maximum absolute atomic E-state index is 6.44. The van der Waals surface area contributed by atoms with Gasteiger partial charge in [0.05, 0.1) is 6.04 Å². The Kier molecular flexibility index (Phi) is 6.30. The first kappa shape index (κ1) is 24.6. The fraction of sp³-hybridized carbons (Fsp3) is 0.622. The highest BCUT2D eigenvalue weighted by Crippen LogP contribution is 2.69. The smallest absolute Gasteiger partial charge is 0.132 e. The van der Waals surface area contributed by atoms with Crippen molar-refractivity contribution in [2.24, 2.45) is 29.1 Å². The number of hydrogen-bond donors (Lipinski definition) is 1.